The Hall–Kier alpha value is -1.54. The van der Waals surface area contributed by atoms with Crippen LogP contribution in [0.5, 0.6) is 0 Å². The Labute approximate surface area is 180 Å². The number of rotatable bonds is 8. The summed E-state index contributed by atoms with van der Waals surface area (Å²) in [7, 11) is 1.75. The molecule has 1 atom stereocenters. The van der Waals surface area contributed by atoms with Crippen LogP contribution in [0.4, 0.5) is 0 Å². The van der Waals surface area contributed by atoms with E-state index in [1.54, 1.807) is 13.4 Å². The van der Waals surface area contributed by atoms with Gasteiger partial charge < -0.3 is 19.8 Å². The zero-order valence-corrected chi connectivity index (χ0v) is 19.0. The molecule has 0 saturated carbocycles. The Kier molecular flexibility index (Phi) is 10.5. The number of hydrogen-bond acceptors (Lipinski definition) is 3. The SMILES string of the molecule is COC(CNC(=NCc1ccccc1)NCCc1ccco1)C(C)(C)C.I. The lowest BCUT2D eigenvalue weighted by Crippen LogP contribution is -2.45. The van der Waals surface area contributed by atoms with Crippen molar-refractivity contribution in [3.63, 3.8) is 0 Å². The summed E-state index contributed by atoms with van der Waals surface area (Å²) < 4.78 is 11.0. The molecule has 2 rings (SSSR count). The summed E-state index contributed by atoms with van der Waals surface area (Å²) in [6.45, 7) is 8.60. The quantitative estimate of drug-likeness (QED) is 0.334. The van der Waals surface area contributed by atoms with Crippen molar-refractivity contribution in [2.45, 2.75) is 39.8 Å². The Balaban J connectivity index is 0.00000364. The summed E-state index contributed by atoms with van der Waals surface area (Å²) >= 11 is 0. The molecule has 2 aromatic rings. The molecule has 0 spiro atoms. The second kappa shape index (κ2) is 12.0. The molecule has 0 radical (unpaired) electrons. The van der Waals surface area contributed by atoms with Crippen molar-refractivity contribution < 1.29 is 9.15 Å². The van der Waals surface area contributed by atoms with Crippen LogP contribution in [0.3, 0.4) is 0 Å². The van der Waals surface area contributed by atoms with Gasteiger partial charge in [-0.15, -0.1) is 24.0 Å². The van der Waals surface area contributed by atoms with E-state index in [9.17, 15) is 0 Å². The fraction of sp³-hybridized carbons (Fsp3) is 0.476. The lowest BCUT2D eigenvalue weighted by Gasteiger charge is -2.30. The summed E-state index contributed by atoms with van der Waals surface area (Å²) in [5.41, 5.74) is 1.24. The number of benzene rings is 1. The summed E-state index contributed by atoms with van der Waals surface area (Å²) in [5, 5.41) is 6.79. The number of ether oxygens (including phenoxy) is 1. The molecule has 1 heterocycles. The molecule has 150 valence electrons. The highest BCUT2D eigenvalue weighted by atomic mass is 127. The van der Waals surface area contributed by atoms with Gasteiger partial charge >= 0.3 is 0 Å². The second-order valence-electron chi connectivity index (χ2n) is 7.38. The van der Waals surface area contributed by atoms with E-state index in [1.807, 2.05) is 30.3 Å². The highest BCUT2D eigenvalue weighted by Gasteiger charge is 2.24. The van der Waals surface area contributed by atoms with Crippen LogP contribution in [0.2, 0.25) is 0 Å². The molecule has 27 heavy (non-hydrogen) atoms. The summed E-state index contributed by atoms with van der Waals surface area (Å²) in [4.78, 5) is 4.71. The third-order valence-electron chi connectivity index (χ3n) is 4.21. The molecule has 0 amide bonds. The van der Waals surface area contributed by atoms with Gasteiger partial charge in [0.15, 0.2) is 5.96 Å². The van der Waals surface area contributed by atoms with Crippen LogP contribution >= 0.6 is 24.0 Å². The Morgan fingerprint density at radius 2 is 1.85 bits per heavy atom. The number of nitrogens with one attached hydrogen (secondary N) is 2. The molecule has 0 aliphatic heterocycles. The Morgan fingerprint density at radius 1 is 1.11 bits per heavy atom. The minimum Gasteiger partial charge on any atom is -0.469 e. The molecular weight excluding hydrogens is 453 g/mol. The van der Waals surface area contributed by atoms with E-state index >= 15 is 0 Å². The van der Waals surface area contributed by atoms with Gasteiger partial charge in [-0.2, -0.15) is 0 Å². The van der Waals surface area contributed by atoms with Crippen LogP contribution in [0.25, 0.3) is 0 Å². The Morgan fingerprint density at radius 3 is 2.44 bits per heavy atom. The van der Waals surface area contributed by atoms with Crippen LogP contribution in [-0.2, 0) is 17.7 Å². The monoisotopic (exact) mass is 485 g/mol. The molecule has 2 N–H and O–H groups in total. The highest BCUT2D eigenvalue weighted by Crippen LogP contribution is 2.20. The van der Waals surface area contributed by atoms with E-state index in [0.717, 1.165) is 24.7 Å². The van der Waals surface area contributed by atoms with E-state index in [2.05, 4.69) is 43.5 Å². The lowest BCUT2D eigenvalue weighted by atomic mass is 9.89. The van der Waals surface area contributed by atoms with E-state index in [0.29, 0.717) is 13.1 Å². The molecule has 6 heteroatoms. The van der Waals surface area contributed by atoms with Crippen LogP contribution in [0.1, 0.15) is 32.1 Å². The molecule has 1 aromatic carbocycles. The zero-order valence-electron chi connectivity index (χ0n) is 16.7. The molecule has 0 aliphatic rings. The number of furan rings is 1. The van der Waals surface area contributed by atoms with Gasteiger partial charge in [0.2, 0.25) is 0 Å². The number of nitrogens with zero attached hydrogens (tertiary/aromatic N) is 1. The van der Waals surface area contributed by atoms with Crippen molar-refractivity contribution in [2.24, 2.45) is 10.4 Å². The predicted molar refractivity (Wildman–Crippen MR) is 122 cm³/mol. The van der Waals surface area contributed by atoms with Crippen LogP contribution in [-0.4, -0.2) is 32.3 Å². The standard InChI is InChI=1S/C21H31N3O2.HI/c1-21(2,3)19(25-4)16-24-20(22-13-12-18-11-8-14-26-18)23-15-17-9-6-5-7-10-17;/h5-11,14,19H,12-13,15-16H2,1-4H3,(H2,22,23,24);1H. The molecule has 0 aliphatic carbocycles. The molecule has 0 saturated heterocycles. The molecular formula is C21H32IN3O2. The summed E-state index contributed by atoms with van der Waals surface area (Å²) in [6, 6.07) is 14.1. The minimum atomic E-state index is 0. The molecule has 0 bridgehead atoms. The fourth-order valence-electron chi connectivity index (χ4n) is 2.62. The van der Waals surface area contributed by atoms with E-state index in [4.69, 9.17) is 14.1 Å². The molecule has 0 fully saturated rings. The minimum absolute atomic E-state index is 0. The van der Waals surface area contributed by atoms with Gasteiger partial charge in [-0.25, -0.2) is 4.99 Å². The third-order valence-corrected chi connectivity index (χ3v) is 4.21. The third kappa shape index (κ3) is 8.79. The summed E-state index contributed by atoms with van der Waals surface area (Å²) in [6.07, 6.45) is 2.60. The molecule has 5 nitrogen and oxygen atoms in total. The van der Waals surface area contributed by atoms with Gasteiger partial charge in [-0.3, -0.25) is 0 Å². The van der Waals surface area contributed by atoms with Crippen molar-refractivity contribution in [3.05, 3.63) is 60.1 Å². The molecule has 1 aromatic heterocycles. The van der Waals surface area contributed by atoms with Crippen LogP contribution in [0.15, 0.2) is 58.1 Å². The van der Waals surface area contributed by atoms with Crippen LogP contribution in [0, 0.1) is 5.41 Å². The Bertz CT molecular complexity index is 652. The summed E-state index contributed by atoms with van der Waals surface area (Å²) in [5.74, 6) is 1.75. The second-order valence-corrected chi connectivity index (χ2v) is 7.38. The zero-order chi connectivity index (χ0) is 18.8. The van der Waals surface area contributed by atoms with E-state index < -0.39 is 0 Å². The fourth-order valence-corrected chi connectivity index (χ4v) is 2.62. The topological polar surface area (TPSA) is 58.8 Å². The first-order chi connectivity index (χ1) is 12.5. The van der Waals surface area contributed by atoms with E-state index in [1.165, 1.54) is 5.56 Å². The van der Waals surface area contributed by atoms with Crippen molar-refractivity contribution in [1.82, 2.24) is 10.6 Å². The maximum absolute atomic E-state index is 5.63. The number of guanidine groups is 1. The number of hydrogen-bond donors (Lipinski definition) is 2. The van der Waals surface area contributed by atoms with Gasteiger partial charge in [-0.05, 0) is 23.1 Å². The lowest BCUT2D eigenvalue weighted by molar-refractivity contribution is 0.0205. The maximum Gasteiger partial charge on any atom is 0.191 e. The van der Waals surface area contributed by atoms with Crippen molar-refractivity contribution >= 4 is 29.9 Å². The highest BCUT2D eigenvalue weighted by molar-refractivity contribution is 14.0. The van der Waals surface area contributed by atoms with Crippen molar-refractivity contribution in [3.8, 4) is 0 Å². The first-order valence-corrected chi connectivity index (χ1v) is 9.10. The largest absolute Gasteiger partial charge is 0.469 e. The van der Waals surface area contributed by atoms with Crippen molar-refractivity contribution in [1.29, 1.82) is 0 Å². The number of methoxy groups -OCH3 is 1. The number of aliphatic imine (C=N–C) groups is 1. The van der Waals surface area contributed by atoms with Crippen LogP contribution < -0.4 is 10.6 Å². The van der Waals surface area contributed by atoms with Gasteiger partial charge in [0.1, 0.15) is 5.76 Å². The van der Waals surface area contributed by atoms with Gasteiger partial charge in [0, 0.05) is 26.6 Å². The first kappa shape index (κ1) is 23.5. The normalized spacial score (nSPS) is 13.0. The number of halogens is 1. The van der Waals surface area contributed by atoms with Gasteiger partial charge in [-0.1, -0.05) is 51.1 Å². The predicted octanol–water partition coefficient (Wildman–Crippen LogP) is 4.24. The van der Waals surface area contributed by atoms with E-state index in [-0.39, 0.29) is 35.5 Å². The smallest absolute Gasteiger partial charge is 0.191 e. The first-order valence-electron chi connectivity index (χ1n) is 9.10. The average Bonchev–Trinajstić information content (AvgIpc) is 3.12. The maximum atomic E-state index is 5.63. The van der Waals surface area contributed by atoms with Crippen molar-refractivity contribution in [2.75, 3.05) is 20.2 Å². The van der Waals surface area contributed by atoms with Gasteiger partial charge in [0.05, 0.1) is 18.9 Å². The average molecular weight is 485 g/mol. The molecule has 1 unspecified atom stereocenters. The van der Waals surface area contributed by atoms with Gasteiger partial charge in [0.25, 0.3) is 0 Å².